The van der Waals surface area contributed by atoms with Gasteiger partial charge in [-0.25, -0.2) is 0 Å². The minimum Gasteiger partial charge on any atom is -0.0628 e. The van der Waals surface area contributed by atoms with Gasteiger partial charge in [-0.2, -0.15) is 0 Å². The first-order valence-corrected chi connectivity index (χ1v) is 15.8. The summed E-state index contributed by atoms with van der Waals surface area (Å²) in [5.41, 5.74) is 2.83. The molecule has 4 aliphatic carbocycles. The zero-order chi connectivity index (χ0) is 24.1. The number of rotatable bonds is 6. The summed E-state index contributed by atoms with van der Waals surface area (Å²) in [6.07, 6.45) is 17.8. The van der Waals surface area contributed by atoms with E-state index in [1.807, 2.05) is 0 Å². The van der Waals surface area contributed by atoms with Crippen LogP contribution in [-0.4, -0.2) is 0 Å². The van der Waals surface area contributed by atoms with E-state index in [0.29, 0.717) is 10.8 Å². The molecule has 5 rings (SSSR count). The molecular weight excluding hydrogens is 476 g/mol. The van der Waals surface area contributed by atoms with E-state index in [-0.39, 0.29) is 0 Å². The first-order chi connectivity index (χ1) is 16.2. The quantitative estimate of drug-likeness (QED) is 0.345. The summed E-state index contributed by atoms with van der Waals surface area (Å²) in [5, 5.41) is 0. The summed E-state index contributed by atoms with van der Waals surface area (Å²) in [6.45, 7) is 12.9. The lowest BCUT2D eigenvalue weighted by molar-refractivity contribution is -0.117. The number of benzene rings is 1. The fraction of sp³-hybridized carbons (Fsp3) is 0.818. The van der Waals surface area contributed by atoms with E-state index in [4.69, 9.17) is 0 Å². The Balaban J connectivity index is 1.27. The summed E-state index contributed by atoms with van der Waals surface area (Å²) in [4.78, 5) is 0. The Kier molecular flexibility index (Phi) is 7.36. The fourth-order valence-corrected chi connectivity index (χ4v) is 10.6. The number of hydrogen-bond acceptors (Lipinski definition) is 0. The maximum atomic E-state index is 3.63. The SMILES string of the molecule is CC(C)CCC[C@@H](C)[C@H]1CC[C@H]2[C@@H]3CC[C@H]4C[C@H](c5ccc(Br)cc5)CC[C@]4(C)[C@H]3CC[C@]12C. The van der Waals surface area contributed by atoms with Crippen LogP contribution in [0.3, 0.4) is 0 Å². The van der Waals surface area contributed by atoms with Crippen LogP contribution in [0.1, 0.15) is 123 Å². The van der Waals surface area contributed by atoms with Gasteiger partial charge in [-0.3, -0.25) is 0 Å². The second kappa shape index (κ2) is 9.87. The van der Waals surface area contributed by atoms with Crippen LogP contribution in [0.25, 0.3) is 0 Å². The summed E-state index contributed by atoms with van der Waals surface area (Å²) >= 11 is 3.63. The van der Waals surface area contributed by atoms with Gasteiger partial charge in [-0.15, -0.1) is 0 Å². The summed E-state index contributed by atoms with van der Waals surface area (Å²) < 4.78 is 1.21. The molecule has 4 fully saturated rings. The molecule has 0 unspecified atom stereocenters. The average molecular weight is 528 g/mol. The molecule has 0 aliphatic heterocycles. The Morgan fingerprint density at radius 3 is 2.26 bits per heavy atom. The smallest absolute Gasteiger partial charge is 0.0175 e. The second-order valence-electron chi connectivity index (χ2n) is 14.2. The highest BCUT2D eigenvalue weighted by atomic mass is 79.9. The van der Waals surface area contributed by atoms with Crippen LogP contribution in [0.15, 0.2) is 28.7 Å². The van der Waals surface area contributed by atoms with Gasteiger partial charge in [0.05, 0.1) is 0 Å². The van der Waals surface area contributed by atoms with E-state index in [1.54, 1.807) is 12.0 Å². The molecule has 0 N–H and O–H groups in total. The van der Waals surface area contributed by atoms with E-state index in [2.05, 4.69) is 74.8 Å². The van der Waals surface area contributed by atoms with E-state index in [1.165, 1.54) is 75.1 Å². The third-order valence-corrected chi connectivity index (χ3v) is 12.7. The summed E-state index contributed by atoms with van der Waals surface area (Å²) in [6, 6.07) is 9.27. The Bertz CT molecular complexity index is 825. The molecule has 1 aromatic carbocycles. The van der Waals surface area contributed by atoms with E-state index < -0.39 is 0 Å². The van der Waals surface area contributed by atoms with Crippen molar-refractivity contribution in [1.82, 2.24) is 0 Å². The number of fused-ring (bicyclic) bond motifs is 5. The van der Waals surface area contributed by atoms with Crippen molar-refractivity contribution in [1.29, 1.82) is 0 Å². The van der Waals surface area contributed by atoms with Gasteiger partial charge < -0.3 is 0 Å². The van der Waals surface area contributed by atoms with Crippen molar-refractivity contribution in [2.75, 3.05) is 0 Å². The van der Waals surface area contributed by atoms with Crippen molar-refractivity contribution in [3.63, 3.8) is 0 Å². The molecule has 0 amide bonds. The molecule has 0 saturated heterocycles. The molecule has 0 bridgehead atoms. The first kappa shape index (κ1) is 25.4. The zero-order valence-corrected chi connectivity index (χ0v) is 24.4. The Morgan fingerprint density at radius 2 is 1.53 bits per heavy atom. The highest BCUT2D eigenvalue weighted by Crippen LogP contribution is 2.69. The van der Waals surface area contributed by atoms with Crippen LogP contribution in [0.4, 0.5) is 0 Å². The molecule has 0 spiro atoms. The molecule has 1 heteroatoms. The van der Waals surface area contributed by atoms with Crippen LogP contribution in [-0.2, 0) is 0 Å². The second-order valence-corrected chi connectivity index (χ2v) is 15.1. The van der Waals surface area contributed by atoms with Crippen molar-refractivity contribution < 1.29 is 0 Å². The van der Waals surface area contributed by atoms with Crippen LogP contribution >= 0.6 is 15.9 Å². The number of hydrogen-bond donors (Lipinski definition) is 0. The molecule has 9 atom stereocenters. The van der Waals surface area contributed by atoms with Gasteiger partial charge in [-0.05, 0) is 134 Å². The van der Waals surface area contributed by atoms with Gasteiger partial charge in [0.2, 0.25) is 0 Å². The number of halogens is 1. The van der Waals surface area contributed by atoms with Crippen molar-refractivity contribution in [3.05, 3.63) is 34.3 Å². The minimum absolute atomic E-state index is 0.608. The molecule has 0 heterocycles. The van der Waals surface area contributed by atoms with Gasteiger partial charge in [0.15, 0.2) is 0 Å². The van der Waals surface area contributed by atoms with Crippen LogP contribution in [0.2, 0.25) is 0 Å². The van der Waals surface area contributed by atoms with Gasteiger partial charge in [0, 0.05) is 4.47 Å². The van der Waals surface area contributed by atoms with E-state index >= 15 is 0 Å². The van der Waals surface area contributed by atoms with E-state index in [0.717, 1.165) is 47.3 Å². The van der Waals surface area contributed by atoms with Crippen LogP contribution in [0.5, 0.6) is 0 Å². The lowest BCUT2D eigenvalue weighted by Gasteiger charge is -2.61. The minimum atomic E-state index is 0.608. The third-order valence-electron chi connectivity index (χ3n) is 12.2. The monoisotopic (exact) mass is 526 g/mol. The first-order valence-electron chi connectivity index (χ1n) is 15.0. The van der Waals surface area contributed by atoms with Gasteiger partial charge in [0.25, 0.3) is 0 Å². The maximum absolute atomic E-state index is 3.63. The normalized spacial score (nSPS) is 42.7. The molecule has 4 aliphatic rings. The zero-order valence-electron chi connectivity index (χ0n) is 22.8. The topological polar surface area (TPSA) is 0 Å². The van der Waals surface area contributed by atoms with Crippen LogP contribution < -0.4 is 0 Å². The highest BCUT2D eigenvalue weighted by molar-refractivity contribution is 9.10. The Hall–Kier alpha value is -0.300. The van der Waals surface area contributed by atoms with Crippen molar-refractivity contribution in [3.8, 4) is 0 Å². The fourth-order valence-electron chi connectivity index (χ4n) is 10.3. The molecule has 0 aromatic heterocycles. The third kappa shape index (κ3) is 4.48. The maximum Gasteiger partial charge on any atom is 0.0175 e. The molecular formula is C33H51Br. The molecule has 0 nitrogen and oxygen atoms in total. The molecule has 1 aromatic rings. The standard InChI is InChI=1S/C33H51Br/c1-22(2)7-6-8-23(3)29-15-16-30-28-14-11-26-21-25(24-9-12-27(34)13-10-24)17-19-32(26,4)31(28)18-20-33(29,30)5/h9-10,12-13,22-23,25-26,28-31H,6-8,11,14-21H2,1-5H3/t23-,25-,26+,28+,29-,30+,31+,32+,33-/m1/s1. The molecule has 34 heavy (non-hydrogen) atoms. The summed E-state index contributed by atoms with van der Waals surface area (Å²) in [7, 11) is 0. The molecule has 190 valence electrons. The predicted octanol–water partition coefficient (Wildman–Crippen LogP) is 10.7. The van der Waals surface area contributed by atoms with Gasteiger partial charge in [-0.1, -0.05) is 81.9 Å². The lowest BCUT2D eigenvalue weighted by Crippen LogP contribution is -2.53. The van der Waals surface area contributed by atoms with Gasteiger partial charge >= 0.3 is 0 Å². The van der Waals surface area contributed by atoms with Crippen molar-refractivity contribution >= 4 is 15.9 Å². The van der Waals surface area contributed by atoms with Crippen LogP contribution in [0, 0.1) is 52.3 Å². The van der Waals surface area contributed by atoms with E-state index in [9.17, 15) is 0 Å². The predicted molar refractivity (Wildman–Crippen MR) is 150 cm³/mol. The highest BCUT2D eigenvalue weighted by Gasteiger charge is 2.60. The summed E-state index contributed by atoms with van der Waals surface area (Å²) in [5.74, 6) is 7.58. The Labute approximate surface area is 219 Å². The molecule has 0 radical (unpaired) electrons. The molecule has 4 saturated carbocycles. The Morgan fingerprint density at radius 1 is 0.824 bits per heavy atom. The van der Waals surface area contributed by atoms with Crippen molar-refractivity contribution in [2.45, 2.75) is 118 Å². The average Bonchev–Trinajstić information content (AvgIpc) is 3.16. The largest absolute Gasteiger partial charge is 0.0628 e. The lowest BCUT2D eigenvalue weighted by atomic mass is 9.43. The van der Waals surface area contributed by atoms with Gasteiger partial charge in [0.1, 0.15) is 0 Å². The van der Waals surface area contributed by atoms with Crippen molar-refractivity contribution in [2.24, 2.45) is 52.3 Å².